The second-order valence-electron chi connectivity index (χ2n) is 15.2. The molecule has 0 saturated heterocycles. The van der Waals surface area contributed by atoms with E-state index in [-0.39, 0.29) is 57.6 Å². The van der Waals surface area contributed by atoms with Crippen LogP contribution in [0.5, 0.6) is 0 Å². The van der Waals surface area contributed by atoms with E-state index in [9.17, 15) is 28.8 Å². The Hall–Kier alpha value is -6.91. The number of carbonyl (C=O) groups is 4. The first-order valence-electron chi connectivity index (χ1n) is 19.5. The number of nitrogens with zero attached hydrogens (tertiary/aromatic N) is 7. The van der Waals surface area contributed by atoms with E-state index in [1.54, 1.807) is 59.3 Å². The number of rotatable bonds is 5. The highest BCUT2D eigenvalue weighted by Gasteiger charge is 2.52. The van der Waals surface area contributed by atoms with Crippen molar-refractivity contribution in [3.63, 3.8) is 0 Å². The first kappa shape index (κ1) is 43.2. The van der Waals surface area contributed by atoms with Gasteiger partial charge in [-0.3, -0.25) is 54.5 Å². The molecule has 7 heterocycles. The van der Waals surface area contributed by atoms with Gasteiger partial charge in [0.05, 0.1) is 16.1 Å². The molecule has 4 amide bonds. The van der Waals surface area contributed by atoms with Gasteiger partial charge in [0.25, 0.3) is 34.7 Å². The lowest BCUT2D eigenvalue weighted by atomic mass is 9.84. The number of aromatic nitrogens is 6. The van der Waals surface area contributed by atoms with Crippen molar-refractivity contribution in [3.8, 4) is 0 Å². The van der Waals surface area contributed by atoms with Gasteiger partial charge in [-0.1, -0.05) is 23.7 Å². The van der Waals surface area contributed by atoms with E-state index < -0.39 is 28.8 Å². The molecule has 10 rings (SSSR count). The SMILES string of the molecule is NN.N[C@H]1CCCC2(C1)NC(=O)c1ccc(Nc3ccncn3)c(=O)n12.O.O=C1NC2(CCC[C@H](N3C(=O)c4ccccc4C3=O)C2)n2c1c(Cl)cc(Nc1ccncn1)c2=O. The zero-order chi connectivity index (χ0) is 43.1. The van der Waals surface area contributed by atoms with Gasteiger partial charge in [-0.05, 0) is 81.0 Å². The average molecular weight is 867 g/mol. The fourth-order valence-corrected chi connectivity index (χ4v) is 9.38. The summed E-state index contributed by atoms with van der Waals surface area (Å²) in [6.45, 7) is 0. The van der Waals surface area contributed by atoms with E-state index >= 15 is 0 Å². The molecule has 12 N–H and O–H groups in total. The standard InChI is InChI=1S/C24H19ClN6O4.C16H18N6O2.H4N2.H2O/c25-16-10-17(28-18-7-9-26-12-27-18)23(35)31-19(16)20(32)29-24(31)8-3-4-13(11-24)30-21(33)14-5-1-2-6-15(14)22(30)34;17-10-2-1-6-16(8-10)21-14(23)12-4-3-11(15(24)22(12)16)20-13-5-7-18-9-19-13;1-2;/h1-2,5-7,9-10,12-13H,3-4,8,11H2,(H,29,32)(H,26,27,28);3-5,7,9-10H,1-2,6,8,17H2,(H,21,23)(H,18,19,20);1-2H2;1H2/t13-,24?;10-,16?;;/m00../s1. The molecule has 2 fully saturated rings. The number of nitrogens with one attached hydrogen (secondary N) is 4. The van der Waals surface area contributed by atoms with Crippen LogP contribution in [0.3, 0.4) is 0 Å². The molecule has 5 aliphatic rings. The highest BCUT2D eigenvalue weighted by atomic mass is 35.5. The summed E-state index contributed by atoms with van der Waals surface area (Å²) >= 11 is 6.47. The number of benzene rings is 1. The van der Waals surface area contributed by atoms with Gasteiger partial charge in [-0.2, -0.15) is 0 Å². The number of hydrogen-bond donors (Lipinski definition) is 7. The number of amides is 4. The molecule has 4 aromatic heterocycles. The molecule has 2 unspecified atom stereocenters. The molecule has 1 aromatic carbocycles. The van der Waals surface area contributed by atoms with Gasteiger partial charge in [-0.15, -0.1) is 0 Å². The Morgan fingerprint density at radius 2 is 1.27 bits per heavy atom. The quantitative estimate of drug-likeness (QED) is 0.0745. The number of imide groups is 1. The highest BCUT2D eigenvalue weighted by molar-refractivity contribution is 6.34. The first-order chi connectivity index (χ1) is 29.5. The minimum Gasteiger partial charge on any atom is -0.412 e. The molecule has 22 heteroatoms. The topological polar surface area (TPSA) is 325 Å². The molecule has 3 aliphatic heterocycles. The van der Waals surface area contributed by atoms with E-state index in [0.29, 0.717) is 66.2 Å². The molecular weight excluding hydrogens is 824 g/mol. The van der Waals surface area contributed by atoms with Gasteiger partial charge in [-0.25, -0.2) is 19.9 Å². The highest BCUT2D eigenvalue weighted by Crippen LogP contribution is 2.42. The van der Waals surface area contributed by atoms with Crippen LogP contribution in [0, 0.1) is 0 Å². The Morgan fingerprint density at radius 1 is 0.710 bits per heavy atom. The van der Waals surface area contributed by atoms with Crippen molar-refractivity contribution < 1.29 is 24.7 Å². The molecular formula is C40H43ClN14O7. The monoisotopic (exact) mass is 866 g/mol. The summed E-state index contributed by atoms with van der Waals surface area (Å²) in [7, 11) is 0. The Morgan fingerprint density at radius 3 is 1.87 bits per heavy atom. The first-order valence-corrected chi connectivity index (χ1v) is 19.9. The number of anilines is 4. The lowest BCUT2D eigenvalue weighted by molar-refractivity contribution is 0.0414. The second kappa shape index (κ2) is 17.2. The van der Waals surface area contributed by atoms with Crippen molar-refractivity contribution in [1.82, 2.24) is 44.6 Å². The van der Waals surface area contributed by atoms with Crippen molar-refractivity contribution in [3.05, 3.63) is 128 Å². The van der Waals surface area contributed by atoms with Crippen LogP contribution in [0.4, 0.5) is 23.0 Å². The summed E-state index contributed by atoms with van der Waals surface area (Å²) in [5, 5.41) is 12.0. The Labute approximate surface area is 357 Å². The van der Waals surface area contributed by atoms with E-state index in [1.165, 1.54) is 34.4 Å². The maximum absolute atomic E-state index is 13.6. The number of pyridine rings is 2. The van der Waals surface area contributed by atoms with Crippen molar-refractivity contribution in [2.75, 3.05) is 10.6 Å². The van der Waals surface area contributed by atoms with E-state index in [2.05, 4.69) is 52.9 Å². The van der Waals surface area contributed by atoms with Crippen LogP contribution in [0.25, 0.3) is 0 Å². The largest absolute Gasteiger partial charge is 0.412 e. The minimum absolute atomic E-state index is 0. The van der Waals surface area contributed by atoms with Crippen molar-refractivity contribution in [2.24, 2.45) is 17.4 Å². The summed E-state index contributed by atoms with van der Waals surface area (Å²) in [6, 6.07) is 14.1. The molecule has 2 spiro atoms. The summed E-state index contributed by atoms with van der Waals surface area (Å²) in [6.07, 6.45) is 10.7. The van der Waals surface area contributed by atoms with Crippen LogP contribution in [0.1, 0.15) is 93.1 Å². The van der Waals surface area contributed by atoms with E-state index in [4.69, 9.17) is 17.3 Å². The van der Waals surface area contributed by atoms with Gasteiger partial charge in [0.15, 0.2) is 0 Å². The predicted octanol–water partition coefficient (Wildman–Crippen LogP) is 1.34. The summed E-state index contributed by atoms with van der Waals surface area (Å²) in [4.78, 5) is 95.3. The Bertz CT molecular complexity index is 2650. The maximum Gasteiger partial charge on any atom is 0.276 e. The van der Waals surface area contributed by atoms with Crippen molar-refractivity contribution in [1.29, 1.82) is 0 Å². The van der Waals surface area contributed by atoms with Gasteiger partial charge in [0.2, 0.25) is 0 Å². The zero-order valence-electron chi connectivity index (χ0n) is 33.0. The molecule has 4 atom stereocenters. The third-order valence-corrected chi connectivity index (χ3v) is 11.9. The van der Waals surface area contributed by atoms with Gasteiger partial charge < -0.3 is 32.5 Å². The predicted molar refractivity (Wildman–Crippen MR) is 226 cm³/mol. The van der Waals surface area contributed by atoms with Crippen molar-refractivity contribution >= 4 is 58.2 Å². The fourth-order valence-electron chi connectivity index (χ4n) is 9.10. The van der Waals surface area contributed by atoms with Gasteiger partial charge in [0, 0.05) is 37.3 Å². The van der Waals surface area contributed by atoms with Crippen LogP contribution in [-0.2, 0) is 11.3 Å². The number of hydrogen-bond acceptors (Lipinski definition) is 15. The van der Waals surface area contributed by atoms with Crippen LogP contribution < -0.4 is 49.8 Å². The van der Waals surface area contributed by atoms with E-state index in [1.807, 2.05) is 0 Å². The number of carbonyl (C=O) groups excluding carboxylic acids is 4. The van der Waals surface area contributed by atoms with Crippen LogP contribution in [0.2, 0.25) is 5.02 Å². The normalized spacial score (nSPS) is 22.8. The zero-order valence-corrected chi connectivity index (χ0v) is 33.8. The molecule has 2 saturated carbocycles. The Kier molecular flexibility index (Phi) is 12.0. The molecule has 62 heavy (non-hydrogen) atoms. The van der Waals surface area contributed by atoms with Crippen molar-refractivity contribution in [2.45, 2.75) is 74.8 Å². The Balaban J connectivity index is 0.000000188. The fraction of sp³-hybridized carbons (Fsp3) is 0.300. The average Bonchev–Trinajstić information content (AvgIpc) is 3.81. The maximum atomic E-state index is 13.6. The van der Waals surface area contributed by atoms with Crippen LogP contribution in [-0.4, -0.2) is 75.2 Å². The van der Waals surface area contributed by atoms with Crippen LogP contribution >= 0.6 is 11.6 Å². The number of halogens is 1. The molecule has 21 nitrogen and oxygen atoms in total. The van der Waals surface area contributed by atoms with E-state index in [0.717, 1.165) is 12.8 Å². The summed E-state index contributed by atoms with van der Waals surface area (Å²) < 4.78 is 2.95. The minimum atomic E-state index is -1.12. The molecule has 322 valence electrons. The molecule has 0 bridgehead atoms. The number of hydrazine groups is 1. The molecule has 2 aliphatic carbocycles. The third kappa shape index (κ3) is 7.45. The lowest BCUT2D eigenvalue weighted by Crippen LogP contribution is -2.55. The number of fused-ring (bicyclic) bond motifs is 5. The summed E-state index contributed by atoms with van der Waals surface area (Å²) in [5.74, 6) is 7.50. The molecule has 0 radical (unpaired) electrons. The smallest absolute Gasteiger partial charge is 0.276 e. The summed E-state index contributed by atoms with van der Waals surface area (Å²) in [5.41, 5.74) is 5.25. The molecule has 5 aromatic rings. The third-order valence-electron chi connectivity index (χ3n) is 11.6. The second-order valence-corrected chi connectivity index (χ2v) is 15.6. The van der Waals surface area contributed by atoms with Gasteiger partial charge >= 0.3 is 0 Å². The van der Waals surface area contributed by atoms with Crippen LogP contribution in [0.15, 0.2) is 89.2 Å². The number of nitrogens with two attached hydrogens (primary N) is 3. The lowest BCUT2D eigenvalue weighted by Gasteiger charge is -2.41. The van der Waals surface area contributed by atoms with Gasteiger partial charge in [0.1, 0.15) is 58.4 Å².